The Morgan fingerprint density at radius 1 is 1.37 bits per heavy atom. The fourth-order valence-corrected chi connectivity index (χ4v) is 2.03. The molecule has 1 heterocycles. The molecule has 0 fully saturated rings. The number of aromatic hydroxyl groups is 1. The molecule has 0 spiro atoms. The summed E-state index contributed by atoms with van der Waals surface area (Å²) in [4.78, 5) is 8.52. The summed E-state index contributed by atoms with van der Waals surface area (Å²) in [5.74, 6) is 0.449. The van der Waals surface area contributed by atoms with E-state index < -0.39 is 5.82 Å². The number of nitrogens with zero attached hydrogens (tertiary/aromatic N) is 2. The monoisotopic (exact) mass is 373 g/mol. The van der Waals surface area contributed by atoms with Crippen LogP contribution in [0.3, 0.4) is 0 Å². The molecule has 19 heavy (non-hydrogen) atoms. The van der Waals surface area contributed by atoms with Gasteiger partial charge in [-0.05, 0) is 41.1 Å². The summed E-state index contributed by atoms with van der Waals surface area (Å²) >= 11 is 2.14. The summed E-state index contributed by atoms with van der Waals surface area (Å²) in [6.45, 7) is 2.87. The van der Waals surface area contributed by atoms with Crippen molar-refractivity contribution in [1.82, 2.24) is 9.97 Å². The summed E-state index contributed by atoms with van der Waals surface area (Å²) in [7, 11) is 0. The van der Waals surface area contributed by atoms with Crippen molar-refractivity contribution in [3.63, 3.8) is 0 Å². The van der Waals surface area contributed by atoms with E-state index in [1.807, 2.05) is 0 Å². The molecule has 0 aliphatic carbocycles. The Morgan fingerprint density at radius 3 is 2.84 bits per heavy atom. The fraction of sp³-hybridized carbons (Fsp3) is 0.231. The number of phenolic OH excluding ortho intramolecular Hbond substituents is 1. The highest BCUT2D eigenvalue weighted by Crippen LogP contribution is 2.24. The van der Waals surface area contributed by atoms with Crippen molar-refractivity contribution in [3.05, 3.63) is 33.8 Å². The van der Waals surface area contributed by atoms with Gasteiger partial charge in [-0.2, -0.15) is 0 Å². The van der Waals surface area contributed by atoms with Crippen LogP contribution in [-0.2, 0) is 0 Å². The van der Waals surface area contributed by atoms with Crippen LogP contribution in [-0.4, -0.2) is 21.6 Å². The van der Waals surface area contributed by atoms with Gasteiger partial charge in [0.2, 0.25) is 0 Å². The average Bonchev–Trinajstić information content (AvgIpc) is 2.36. The summed E-state index contributed by atoms with van der Waals surface area (Å²) in [5, 5.41) is 12.6. The number of rotatable bonds is 4. The van der Waals surface area contributed by atoms with Gasteiger partial charge in [0.05, 0.1) is 3.57 Å². The maximum atomic E-state index is 13.3. The van der Waals surface area contributed by atoms with Gasteiger partial charge in [-0.15, -0.1) is 0 Å². The minimum absolute atomic E-state index is 0.139. The standard InChI is InChI=1S/C13H13FIN3O/c1-2-3-16-13-11(15)7-17-12(18-13)8-4-9(14)6-10(19)5-8/h4-7,19H,2-3H2,1H3,(H,16,17,18). The van der Waals surface area contributed by atoms with Crippen molar-refractivity contribution in [2.45, 2.75) is 13.3 Å². The second kappa shape index (κ2) is 6.14. The maximum absolute atomic E-state index is 13.3. The number of anilines is 1. The zero-order valence-electron chi connectivity index (χ0n) is 10.3. The first-order valence-corrected chi connectivity index (χ1v) is 6.94. The molecule has 6 heteroatoms. The average molecular weight is 373 g/mol. The zero-order chi connectivity index (χ0) is 13.8. The molecule has 4 nitrogen and oxygen atoms in total. The number of benzene rings is 1. The van der Waals surface area contributed by atoms with Crippen LogP contribution < -0.4 is 5.32 Å². The zero-order valence-corrected chi connectivity index (χ0v) is 12.5. The lowest BCUT2D eigenvalue weighted by Crippen LogP contribution is -2.05. The smallest absolute Gasteiger partial charge is 0.161 e. The van der Waals surface area contributed by atoms with Crippen LogP contribution in [0.4, 0.5) is 10.2 Å². The predicted octanol–water partition coefficient (Wildman–Crippen LogP) is 3.41. The third-order valence-corrected chi connectivity index (χ3v) is 3.22. The number of hydrogen-bond acceptors (Lipinski definition) is 4. The summed E-state index contributed by atoms with van der Waals surface area (Å²) in [6, 6.07) is 3.78. The summed E-state index contributed by atoms with van der Waals surface area (Å²) < 4.78 is 14.2. The molecule has 2 N–H and O–H groups in total. The maximum Gasteiger partial charge on any atom is 0.161 e. The molecular weight excluding hydrogens is 360 g/mol. The van der Waals surface area contributed by atoms with Gasteiger partial charge >= 0.3 is 0 Å². The Labute approximate surface area is 124 Å². The predicted molar refractivity (Wildman–Crippen MR) is 80.6 cm³/mol. The molecule has 0 aliphatic rings. The normalized spacial score (nSPS) is 10.5. The third-order valence-electron chi connectivity index (χ3n) is 2.43. The van der Waals surface area contributed by atoms with E-state index in [0.29, 0.717) is 11.4 Å². The van der Waals surface area contributed by atoms with Gasteiger partial charge in [-0.25, -0.2) is 14.4 Å². The first-order chi connectivity index (χ1) is 9.10. The molecular formula is C13H13FIN3O. The van der Waals surface area contributed by atoms with Crippen molar-refractivity contribution in [2.24, 2.45) is 0 Å². The van der Waals surface area contributed by atoms with E-state index in [9.17, 15) is 9.50 Å². The molecule has 0 amide bonds. The van der Waals surface area contributed by atoms with E-state index in [-0.39, 0.29) is 5.75 Å². The molecule has 1 aromatic heterocycles. The lowest BCUT2D eigenvalue weighted by molar-refractivity contribution is 0.469. The molecule has 0 saturated carbocycles. The van der Waals surface area contributed by atoms with E-state index in [4.69, 9.17) is 0 Å². The lowest BCUT2D eigenvalue weighted by Gasteiger charge is -2.08. The van der Waals surface area contributed by atoms with E-state index in [1.54, 1.807) is 6.20 Å². The Bertz CT molecular complexity index is 572. The van der Waals surface area contributed by atoms with E-state index in [2.05, 4.69) is 44.8 Å². The van der Waals surface area contributed by atoms with Gasteiger partial charge in [0.1, 0.15) is 17.4 Å². The van der Waals surface area contributed by atoms with Crippen molar-refractivity contribution < 1.29 is 9.50 Å². The van der Waals surface area contributed by atoms with Crippen LogP contribution in [0.1, 0.15) is 13.3 Å². The number of hydrogen-bond donors (Lipinski definition) is 2. The Kier molecular flexibility index (Phi) is 4.52. The molecule has 0 atom stereocenters. The van der Waals surface area contributed by atoms with Gasteiger partial charge in [-0.1, -0.05) is 6.92 Å². The topological polar surface area (TPSA) is 58.0 Å². The first kappa shape index (κ1) is 14.0. The van der Waals surface area contributed by atoms with E-state index in [0.717, 1.165) is 28.4 Å². The lowest BCUT2D eigenvalue weighted by atomic mass is 10.2. The highest BCUT2D eigenvalue weighted by molar-refractivity contribution is 14.1. The summed E-state index contributed by atoms with van der Waals surface area (Å²) in [5.41, 5.74) is 0.452. The van der Waals surface area contributed by atoms with Gasteiger partial charge in [-0.3, -0.25) is 0 Å². The largest absolute Gasteiger partial charge is 0.508 e. The minimum Gasteiger partial charge on any atom is -0.508 e. The molecule has 2 rings (SSSR count). The Morgan fingerprint density at radius 2 is 2.16 bits per heavy atom. The second-order valence-corrected chi connectivity index (χ2v) is 5.18. The van der Waals surface area contributed by atoms with Crippen molar-refractivity contribution in [3.8, 4) is 17.1 Å². The fourth-order valence-electron chi connectivity index (χ4n) is 1.58. The number of phenols is 1. The first-order valence-electron chi connectivity index (χ1n) is 5.86. The number of halogens is 2. The molecule has 0 aliphatic heterocycles. The van der Waals surface area contributed by atoms with Gasteiger partial charge in [0.15, 0.2) is 5.82 Å². The molecule has 0 saturated heterocycles. The van der Waals surface area contributed by atoms with Crippen LogP contribution in [0, 0.1) is 9.39 Å². The van der Waals surface area contributed by atoms with Crippen LogP contribution in [0.5, 0.6) is 5.75 Å². The highest BCUT2D eigenvalue weighted by Gasteiger charge is 2.09. The summed E-state index contributed by atoms with van der Waals surface area (Å²) in [6.07, 6.45) is 2.65. The van der Waals surface area contributed by atoms with Crippen LogP contribution in [0.2, 0.25) is 0 Å². The van der Waals surface area contributed by atoms with Gasteiger partial charge in [0, 0.05) is 24.4 Å². The molecule has 0 bridgehead atoms. The van der Waals surface area contributed by atoms with Crippen molar-refractivity contribution in [2.75, 3.05) is 11.9 Å². The molecule has 1 aromatic carbocycles. The Balaban J connectivity index is 2.39. The quantitative estimate of drug-likeness (QED) is 0.807. The third kappa shape index (κ3) is 3.52. The molecule has 0 unspecified atom stereocenters. The molecule has 2 aromatic rings. The van der Waals surface area contributed by atoms with Crippen LogP contribution in [0.25, 0.3) is 11.4 Å². The highest BCUT2D eigenvalue weighted by atomic mass is 127. The number of aromatic nitrogens is 2. The minimum atomic E-state index is -0.514. The van der Waals surface area contributed by atoms with Gasteiger partial charge < -0.3 is 10.4 Å². The van der Waals surface area contributed by atoms with E-state index >= 15 is 0 Å². The van der Waals surface area contributed by atoms with Crippen molar-refractivity contribution in [1.29, 1.82) is 0 Å². The Hall–Kier alpha value is -1.44. The number of nitrogens with one attached hydrogen (secondary N) is 1. The SMILES string of the molecule is CCCNc1nc(-c2cc(O)cc(F)c2)ncc1I. The van der Waals surface area contributed by atoms with Crippen LogP contribution in [0.15, 0.2) is 24.4 Å². The second-order valence-electron chi connectivity index (χ2n) is 4.02. The van der Waals surface area contributed by atoms with Gasteiger partial charge in [0.25, 0.3) is 0 Å². The molecule has 0 radical (unpaired) electrons. The van der Waals surface area contributed by atoms with Crippen LogP contribution >= 0.6 is 22.6 Å². The van der Waals surface area contributed by atoms with Crippen molar-refractivity contribution >= 4 is 28.4 Å². The van der Waals surface area contributed by atoms with E-state index in [1.165, 1.54) is 12.1 Å². The molecule has 100 valence electrons.